The predicted octanol–water partition coefficient (Wildman–Crippen LogP) is 1.79. The summed E-state index contributed by atoms with van der Waals surface area (Å²) in [6.45, 7) is 3.36. The number of pyridine rings is 1. The van der Waals surface area contributed by atoms with Crippen molar-refractivity contribution in [3.8, 4) is 0 Å². The van der Waals surface area contributed by atoms with Gasteiger partial charge in [-0.2, -0.15) is 13.2 Å². The van der Waals surface area contributed by atoms with Crippen LogP contribution in [0.1, 0.15) is 11.3 Å². The van der Waals surface area contributed by atoms with Crippen LogP contribution in [0.25, 0.3) is 0 Å². The number of nitrogen functional groups attached to an aromatic ring is 1. The molecular formula is C15H17F3N6. The topological polar surface area (TPSA) is 71.2 Å². The monoisotopic (exact) mass is 338 g/mol. The molecule has 1 saturated heterocycles. The van der Waals surface area contributed by atoms with Gasteiger partial charge in [-0.3, -0.25) is 4.90 Å². The second-order valence-electron chi connectivity index (χ2n) is 5.59. The van der Waals surface area contributed by atoms with E-state index in [1.165, 1.54) is 6.07 Å². The maximum absolute atomic E-state index is 12.8. The van der Waals surface area contributed by atoms with E-state index in [2.05, 4.69) is 19.9 Å². The highest BCUT2D eigenvalue weighted by molar-refractivity contribution is 5.40. The van der Waals surface area contributed by atoms with E-state index in [1.54, 1.807) is 18.5 Å². The lowest BCUT2D eigenvalue weighted by atomic mass is 10.2. The smallest absolute Gasteiger partial charge is 0.368 e. The van der Waals surface area contributed by atoms with Gasteiger partial charge in [-0.1, -0.05) is 6.07 Å². The summed E-state index contributed by atoms with van der Waals surface area (Å²) in [6.07, 6.45) is -1.06. The van der Waals surface area contributed by atoms with Gasteiger partial charge in [0.25, 0.3) is 0 Å². The molecule has 1 aliphatic rings. The third kappa shape index (κ3) is 3.91. The van der Waals surface area contributed by atoms with Gasteiger partial charge in [-0.25, -0.2) is 15.0 Å². The predicted molar refractivity (Wildman–Crippen MR) is 83.2 cm³/mol. The van der Waals surface area contributed by atoms with Crippen molar-refractivity contribution >= 4 is 11.8 Å². The first-order valence-corrected chi connectivity index (χ1v) is 7.50. The molecule has 9 heteroatoms. The van der Waals surface area contributed by atoms with E-state index in [9.17, 15) is 13.2 Å². The molecule has 24 heavy (non-hydrogen) atoms. The molecule has 1 fully saturated rings. The Balaban J connectivity index is 1.60. The van der Waals surface area contributed by atoms with Crippen LogP contribution >= 0.6 is 0 Å². The van der Waals surface area contributed by atoms with Crippen molar-refractivity contribution in [1.29, 1.82) is 0 Å². The van der Waals surface area contributed by atoms with Gasteiger partial charge < -0.3 is 10.6 Å². The highest BCUT2D eigenvalue weighted by Crippen LogP contribution is 2.29. The molecule has 0 unspecified atom stereocenters. The van der Waals surface area contributed by atoms with E-state index in [-0.39, 0.29) is 5.95 Å². The van der Waals surface area contributed by atoms with E-state index < -0.39 is 11.9 Å². The quantitative estimate of drug-likeness (QED) is 0.920. The average Bonchev–Trinajstić information content (AvgIpc) is 2.57. The molecule has 0 bridgehead atoms. The van der Waals surface area contributed by atoms with Crippen molar-refractivity contribution in [1.82, 2.24) is 19.9 Å². The molecule has 0 atom stereocenters. The van der Waals surface area contributed by atoms with Crippen LogP contribution in [0.2, 0.25) is 0 Å². The molecule has 3 rings (SSSR count). The number of nitrogens with zero attached hydrogens (tertiary/aromatic N) is 5. The average molecular weight is 338 g/mol. The van der Waals surface area contributed by atoms with E-state index >= 15 is 0 Å². The molecule has 0 radical (unpaired) electrons. The summed E-state index contributed by atoms with van der Waals surface area (Å²) >= 11 is 0. The largest absolute Gasteiger partial charge is 0.433 e. The summed E-state index contributed by atoms with van der Waals surface area (Å²) in [4.78, 5) is 15.7. The number of anilines is 2. The number of aromatic nitrogens is 3. The van der Waals surface area contributed by atoms with Crippen molar-refractivity contribution in [2.45, 2.75) is 12.7 Å². The number of halogens is 3. The van der Waals surface area contributed by atoms with Crippen molar-refractivity contribution in [3.05, 3.63) is 41.9 Å². The number of rotatable bonds is 3. The molecule has 3 heterocycles. The number of piperazine rings is 1. The zero-order chi connectivity index (χ0) is 17.2. The maximum atomic E-state index is 12.8. The van der Waals surface area contributed by atoms with Crippen LogP contribution < -0.4 is 10.6 Å². The fourth-order valence-electron chi connectivity index (χ4n) is 2.60. The van der Waals surface area contributed by atoms with E-state index in [4.69, 9.17) is 5.73 Å². The normalized spacial score (nSPS) is 16.4. The molecule has 1 aliphatic heterocycles. The first-order chi connectivity index (χ1) is 11.4. The molecule has 128 valence electrons. The Bertz CT molecular complexity index is 680. The minimum atomic E-state index is -4.42. The van der Waals surface area contributed by atoms with Crippen LogP contribution in [-0.2, 0) is 12.7 Å². The first kappa shape index (κ1) is 16.4. The van der Waals surface area contributed by atoms with Gasteiger partial charge in [0.05, 0.1) is 0 Å². The number of alkyl halides is 3. The Kier molecular flexibility index (Phi) is 4.52. The van der Waals surface area contributed by atoms with E-state index in [0.717, 1.165) is 24.7 Å². The Morgan fingerprint density at radius 3 is 2.33 bits per heavy atom. The summed E-state index contributed by atoms with van der Waals surface area (Å²) in [5.74, 6) is 0.597. The lowest BCUT2D eigenvalue weighted by Crippen LogP contribution is -2.46. The van der Waals surface area contributed by atoms with Gasteiger partial charge in [0.15, 0.2) is 0 Å². The summed E-state index contributed by atoms with van der Waals surface area (Å²) in [6, 6.07) is 3.99. The number of nitrogens with two attached hydrogens (primary N) is 1. The van der Waals surface area contributed by atoms with Crippen LogP contribution in [-0.4, -0.2) is 46.0 Å². The van der Waals surface area contributed by atoms with Gasteiger partial charge in [0.1, 0.15) is 11.5 Å². The molecule has 6 nitrogen and oxygen atoms in total. The van der Waals surface area contributed by atoms with Crippen LogP contribution in [0.4, 0.5) is 24.9 Å². The standard InChI is InChI=1S/C15H17F3N6/c16-15(17,18)12-2-1-3-13(22-12)24-6-4-23(5-7-24)10-11-8-20-14(19)21-9-11/h1-3,8-9H,4-7,10H2,(H2,19,20,21). The molecular weight excluding hydrogens is 321 g/mol. The number of hydrogen-bond acceptors (Lipinski definition) is 6. The summed E-state index contributed by atoms with van der Waals surface area (Å²) in [7, 11) is 0. The second-order valence-corrected chi connectivity index (χ2v) is 5.59. The molecule has 0 aromatic carbocycles. The molecule has 2 aromatic rings. The third-order valence-corrected chi connectivity index (χ3v) is 3.85. The molecule has 2 aromatic heterocycles. The van der Waals surface area contributed by atoms with Gasteiger partial charge in [0.2, 0.25) is 5.95 Å². The van der Waals surface area contributed by atoms with Gasteiger partial charge >= 0.3 is 6.18 Å². The summed E-state index contributed by atoms with van der Waals surface area (Å²) < 4.78 is 38.3. The first-order valence-electron chi connectivity index (χ1n) is 7.50. The Morgan fingerprint density at radius 2 is 1.71 bits per heavy atom. The third-order valence-electron chi connectivity index (χ3n) is 3.85. The Hall–Kier alpha value is -2.42. The van der Waals surface area contributed by atoms with E-state index in [1.807, 2.05) is 4.90 Å². The van der Waals surface area contributed by atoms with Gasteiger partial charge in [-0.05, 0) is 12.1 Å². The van der Waals surface area contributed by atoms with Crippen molar-refractivity contribution in [2.75, 3.05) is 36.8 Å². The van der Waals surface area contributed by atoms with Crippen LogP contribution in [0.3, 0.4) is 0 Å². The Labute approximate surface area is 137 Å². The van der Waals surface area contributed by atoms with Crippen LogP contribution in [0.15, 0.2) is 30.6 Å². The summed E-state index contributed by atoms with van der Waals surface area (Å²) in [5.41, 5.74) is 5.55. The molecule has 2 N–H and O–H groups in total. The van der Waals surface area contributed by atoms with Crippen molar-refractivity contribution in [3.63, 3.8) is 0 Å². The molecule has 0 aliphatic carbocycles. The lowest BCUT2D eigenvalue weighted by Gasteiger charge is -2.35. The fraction of sp³-hybridized carbons (Fsp3) is 0.400. The lowest BCUT2D eigenvalue weighted by molar-refractivity contribution is -0.141. The van der Waals surface area contributed by atoms with Crippen LogP contribution in [0.5, 0.6) is 0 Å². The molecule has 0 spiro atoms. The maximum Gasteiger partial charge on any atom is 0.433 e. The molecule has 0 saturated carbocycles. The highest BCUT2D eigenvalue weighted by atomic mass is 19.4. The minimum Gasteiger partial charge on any atom is -0.368 e. The molecule has 0 amide bonds. The van der Waals surface area contributed by atoms with Gasteiger partial charge in [-0.15, -0.1) is 0 Å². The van der Waals surface area contributed by atoms with E-state index in [0.29, 0.717) is 25.5 Å². The summed E-state index contributed by atoms with van der Waals surface area (Å²) in [5, 5.41) is 0. The SMILES string of the molecule is Nc1ncc(CN2CCN(c3cccc(C(F)(F)F)n3)CC2)cn1. The zero-order valence-corrected chi connectivity index (χ0v) is 12.9. The zero-order valence-electron chi connectivity index (χ0n) is 12.9. The highest BCUT2D eigenvalue weighted by Gasteiger charge is 2.33. The fourth-order valence-corrected chi connectivity index (χ4v) is 2.60. The Morgan fingerprint density at radius 1 is 1.04 bits per heavy atom. The van der Waals surface area contributed by atoms with Crippen LogP contribution in [0, 0.1) is 0 Å². The van der Waals surface area contributed by atoms with Crippen molar-refractivity contribution < 1.29 is 13.2 Å². The minimum absolute atomic E-state index is 0.235. The second kappa shape index (κ2) is 6.60. The number of hydrogen-bond donors (Lipinski definition) is 1. The van der Waals surface area contributed by atoms with Crippen molar-refractivity contribution in [2.24, 2.45) is 0 Å². The van der Waals surface area contributed by atoms with Gasteiger partial charge in [0, 0.05) is 50.7 Å².